The Kier molecular flexibility index (Phi) is 11.2. The predicted octanol–water partition coefficient (Wildman–Crippen LogP) is 3.35. The third kappa shape index (κ3) is 6.71. The van der Waals surface area contributed by atoms with E-state index in [0.29, 0.717) is 43.5 Å². The zero-order valence-corrected chi connectivity index (χ0v) is 25.4. The van der Waals surface area contributed by atoms with Crippen LogP contribution < -0.4 is 10.6 Å². The van der Waals surface area contributed by atoms with Crippen molar-refractivity contribution in [2.75, 3.05) is 51.3 Å². The number of nitrogens with zero attached hydrogens (tertiary/aromatic N) is 2. The number of fused-ring (bicyclic) bond motifs is 1. The molecule has 0 radical (unpaired) electrons. The molecule has 2 aromatic carbocycles. The number of hydrogen-bond acceptors (Lipinski definition) is 7. The van der Waals surface area contributed by atoms with Gasteiger partial charge in [0.15, 0.2) is 11.2 Å². The lowest BCUT2D eigenvalue weighted by molar-refractivity contribution is -0.150. The Morgan fingerprint density at radius 1 is 1.15 bits per heavy atom. The van der Waals surface area contributed by atoms with Crippen molar-refractivity contribution >= 4 is 42.3 Å². The maximum Gasteiger partial charge on any atom is 0.323 e. The van der Waals surface area contributed by atoms with Gasteiger partial charge in [0, 0.05) is 62.1 Å². The van der Waals surface area contributed by atoms with E-state index in [1.165, 1.54) is 12.1 Å². The third-order valence-electron chi connectivity index (χ3n) is 8.68. The molecule has 2 fully saturated rings. The van der Waals surface area contributed by atoms with Gasteiger partial charge in [-0.25, -0.2) is 4.39 Å². The normalized spacial score (nSPS) is 27.1. The van der Waals surface area contributed by atoms with Gasteiger partial charge >= 0.3 is 5.97 Å². The number of ether oxygens (including phenoxy) is 1. The molecule has 5 rings (SSSR count). The lowest BCUT2D eigenvalue weighted by Gasteiger charge is -2.46. The van der Waals surface area contributed by atoms with Crippen LogP contribution in [-0.4, -0.2) is 96.8 Å². The topological polar surface area (TPSA) is 94.1 Å². The summed E-state index contributed by atoms with van der Waals surface area (Å²) in [7, 11) is 0. The van der Waals surface area contributed by atoms with Crippen LogP contribution in [-0.2, 0) is 26.2 Å². The van der Waals surface area contributed by atoms with Crippen LogP contribution in [0.5, 0.6) is 0 Å². The summed E-state index contributed by atoms with van der Waals surface area (Å²) in [5, 5.41) is 17.3. The molecule has 0 bridgehead atoms. The van der Waals surface area contributed by atoms with Gasteiger partial charge in [0.05, 0.1) is 19.3 Å². The van der Waals surface area contributed by atoms with Crippen molar-refractivity contribution in [1.29, 1.82) is 0 Å². The summed E-state index contributed by atoms with van der Waals surface area (Å²) < 4.78 is 18.9. The predicted molar refractivity (Wildman–Crippen MR) is 162 cm³/mol. The highest BCUT2D eigenvalue weighted by molar-refractivity contribution is 6.14. The fraction of sp³-hybridized carbons (Fsp3) is 0.533. The minimum atomic E-state index is -1.66. The second kappa shape index (κ2) is 13.8. The number of ketones is 1. The van der Waals surface area contributed by atoms with Crippen LogP contribution in [0.3, 0.4) is 0 Å². The minimum absolute atomic E-state index is 0. The first-order chi connectivity index (χ1) is 18.7. The molecule has 41 heavy (non-hydrogen) atoms. The number of rotatable bonds is 8. The number of piperazine rings is 1. The van der Waals surface area contributed by atoms with E-state index in [2.05, 4.69) is 34.3 Å². The number of aliphatic carboxylic acids is 1. The second-order valence-corrected chi connectivity index (χ2v) is 11.4. The van der Waals surface area contributed by atoms with Gasteiger partial charge < -0.3 is 20.5 Å². The molecule has 3 aliphatic rings. The number of benzene rings is 2. The Hall–Kier alpha value is -2.27. The lowest BCUT2D eigenvalue weighted by atomic mass is 9.75. The van der Waals surface area contributed by atoms with Crippen molar-refractivity contribution in [1.82, 2.24) is 15.1 Å². The highest BCUT2D eigenvalue weighted by atomic mass is 35.5. The van der Waals surface area contributed by atoms with Gasteiger partial charge in [0.25, 0.3) is 0 Å². The van der Waals surface area contributed by atoms with Crippen LogP contribution in [0.15, 0.2) is 42.5 Å². The highest BCUT2D eigenvalue weighted by Crippen LogP contribution is 2.40. The van der Waals surface area contributed by atoms with Crippen molar-refractivity contribution < 1.29 is 23.8 Å². The van der Waals surface area contributed by atoms with E-state index in [1.54, 1.807) is 18.2 Å². The number of nitrogens with one attached hydrogen (secondary N) is 2. The van der Waals surface area contributed by atoms with Crippen molar-refractivity contribution in [3.05, 3.63) is 65.0 Å². The molecule has 3 aliphatic heterocycles. The zero-order chi connectivity index (χ0) is 27.7. The quantitative estimate of drug-likeness (QED) is 0.392. The first kappa shape index (κ1) is 33.2. The smallest absolute Gasteiger partial charge is 0.323 e. The summed E-state index contributed by atoms with van der Waals surface area (Å²) >= 11 is 0. The average molecular weight is 612 g/mol. The van der Waals surface area contributed by atoms with E-state index in [0.717, 1.165) is 30.8 Å². The van der Waals surface area contributed by atoms with Crippen molar-refractivity contribution in [3.63, 3.8) is 0 Å². The fourth-order valence-electron chi connectivity index (χ4n) is 6.34. The largest absolute Gasteiger partial charge is 0.480 e. The molecule has 2 aromatic rings. The number of carbonyl (C=O) groups excluding carboxylic acids is 1. The number of hydrogen-bond donors (Lipinski definition) is 3. The number of carbonyl (C=O) groups is 2. The van der Waals surface area contributed by atoms with Gasteiger partial charge in [-0.05, 0) is 56.5 Å². The number of Topliss-reactive ketones (excluding diaryl/α,β-unsaturated/α-hetero) is 1. The fourth-order valence-corrected chi connectivity index (χ4v) is 6.34. The Morgan fingerprint density at radius 2 is 1.85 bits per heavy atom. The van der Waals surface area contributed by atoms with E-state index in [4.69, 9.17) is 4.74 Å². The van der Waals surface area contributed by atoms with Crippen LogP contribution in [0, 0.1) is 5.82 Å². The first-order valence-electron chi connectivity index (χ1n) is 13.9. The van der Waals surface area contributed by atoms with Gasteiger partial charge in [-0.2, -0.15) is 0 Å². The summed E-state index contributed by atoms with van der Waals surface area (Å²) in [5.74, 6) is -1.70. The molecule has 0 aliphatic carbocycles. The molecule has 2 saturated heterocycles. The molecule has 0 aromatic heterocycles. The summed E-state index contributed by atoms with van der Waals surface area (Å²) in [6.45, 7) is 10.6. The van der Waals surface area contributed by atoms with Crippen molar-refractivity contribution in [2.45, 2.75) is 56.8 Å². The summed E-state index contributed by atoms with van der Waals surface area (Å²) in [5.41, 5.74) is 1.44. The van der Waals surface area contributed by atoms with E-state index in [-0.39, 0.29) is 55.0 Å². The summed E-state index contributed by atoms with van der Waals surface area (Å²) in [6, 6.07) is 11.9. The second-order valence-electron chi connectivity index (χ2n) is 11.4. The maximum absolute atomic E-state index is 14.2. The van der Waals surface area contributed by atoms with E-state index < -0.39 is 17.4 Å². The van der Waals surface area contributed by atoms with Crippen molar-refractivity contribution in [3.8, 4) is 0 Å². The van der Waals surface area contributed by atoms with Gasteiger partial charge in [0.1, 0.15) is 5.82 Å². The Morgan fingerprint density at radius 3 is 2.54 bits per heavy atom. The van der Waals surface area contributed by atoms with Crippen LogP contribution in [0.25, 0.3) is 0 Å². The van der Waals surface area contributed by atoms with Crippen molar-refractivity contribution in [2.24, 2.45) is 0 Å². The van der Waals surface area contributed by atoms with E-state index in [1.807, 2.05) is 19.1 Å². The molecule has 0 amide bonds. The lowest BCUT2D eigenvalue weighted by Crippen LogP contribution is -2.65. The molecule has 3 N–H and O–H groups in total. The summed E-state index contributed by atoms with van der Waals surface area (Å²) in [4.78, 5) is 31.7. The number of halogens is 3. The van der Waals surface area contributed by atoms with E-state index in [9.17, 15) is 19.1 Å². The van der Waals surface area contributed by atoms with Gasteiger partial charge in [-0.1, -0.05) is 24.3 Å². The molecule has 0 unspecified atom stereocenters. The van der Waals surface area contributed by atoms with Gasteiger partial charge in [-0.15, -0.1) is 24.8 Å². The molecular formula is C30H41Cl2FN4O4. The SMILES string of the molecule is C[C@@H]1CN([C@@H](C)C(=O)[C@@]2(C(=O)O)CNc3cc(Cc4ccc(F)cc4)ccc32)[C@@H](CN2CCOC[C@H]2C)CN1.Cl.Cl. The van der Waals surface area contributed by atoms with Crippen LogP contribution in [0.1, 0.15) is 37.5 Å². The Bertz CT molecular complexity index is 1220. The van der Waals surface area contributed by atoms with E-state index >= 15 is 0 Å². The molecule has 8 nitrogen and oxygen atoms in total. The minimum Gasteiger partial charge on any atom is -0.480 e. The van der Waals surface area contributed by atoms with Crippen LogP contribution in [0.2, 0.25) is 0 Å². The Labute approximate surface area is 253 Å². The molecule has 0 saturated carbocycles. The molecule has 5 atom stereocenters. The molecule has 0 spiro atoms. The zero-order valence-electron chi connectivity index (χ0n) is 23.8. The van der Waals surface area contributed by atoms with Crippen LogP contribution >= 0.6 is 24.8 Å². The summed E-state index contributed by atoms with van der Waals surface area (Å²) in [6.07, 6.45) is 0.583. The number of carboxylic acids is 1. The average Bonchev–Trinajstić information content (AvgIpc) is 3.31. The molecule has 226 valence electrons. The Balaban J connectivity index is 0.00000231. The molecule has 11 heteroatoms. The standard InChI is InChI=1S/C30H39FN4O4.2ClH/c1-19-15-35(25(14-32-19)16-34-10-11-39-17-20(34)2)21(3)28(36)30(29(37)38)18-33-27-13-23(6-9-26(27)30)12-22-4-7-24(31)8-5-22;;/h4-9,13,19-21,25,32-33H,10-12,14-18H2,1-3H3,(H,37,38);2*1H/t19-,20-,21+,25-,30-;;/m1../s1. The molecular weight excluding hydrogens is 570 g/mol. The molecule has 3 heterocycles. The monoisotopic (exact) mass is 610 g/mol. The number of anilines is 1. The number of morpholine rings is 1. The number of carboxylic acid groups (broad SMARTS) is 1. The highest BCUT2D eigenvalue weighted by Gasteiger charge is 2.55. The van der Waals surface area contributed by atoms with Gasteiger partial charge in [0.2, 0.25) is 0 Å². The first-order valence-corrected chi connectivity index (χ1v) is 13.9. The van der Waals surface area contributed by atoms with Gasteiger partial charge in [-0.3, -0.25) is 19.4 Å². The maximum atomic E-state index is 14.2. The van der Waals surface area contributed by atoms with Crippen LogP contribution in [0.4, 0.5) is 10.1 Å². The third-order valence-corrected chi connectivity index (χ3v) is 8.68.